The number of hydrogen-bond donors (Lipinski definition) is 1. The van der Waals surface area contributed by atoms with Crippen LogP contribution in [0.15, 0.2) is 29.3 Å². The number of carbonyl (C=O) groups is 2. The van der Waals surface area contributed by atoms with Crippen molar-refractivity contribution in [2.45, 2.75) is 115 Å². The fourth-order valence-electron chi connectivity index (χ4n) is 7.96. The van der Waals surface area contributed by atoms with Crippen LogP contribution in [0, 0.1) is 17.8 Å². The summed E-state index contributed by atoms with van der Waals surface area (Å²) >= 11 is 0. The number of amides is 1. The van der Waals surface area contributed by atoms with E-state index in [9.17, 15) is 14.7 Å². The fraction of sp³-hybridized carbons (Fsp3) is 0.788. The zero-order valence-corrected chi connectivity index (χ0v) is 28.1. The Bertz CT molecular complexity index is 1160. The Morgan fingerprint density at radius 2 is 1.89 bits per heavy atom. The summed E-state index contributed by atoms with van der Waals surface area (Å²) in [6, 6.07) is -0.583. The molecule has 44 heavy (non-hydrogen) atoms. The highest BCUT2D eigenvalue weighted by Crippen LogP contribution is 2.43. The summed E-state index contributed by atoms with van der Waals surface area (Å²) in [6.07, 6.45) is 0.654. The third-order valence-corrected chi connectivity index (χ3v) is 10.2. The van der Waals surface area contributed by atoms with Crippen LogP contribution in [0.3, 0.4) is 0 Å². The Balaban J connectivity index is 1.81. The van der Waals surface area contributed by atoms with Crippen molar-refractivity contribution in [1.82, 2.24) is 9.80 Å². The number of esters is 1. The summed E-state index contributed by atoms with van der Waals surface area (Å²) in [5.74, 6) is -1.19. The van der Waals surface area contributed by atoms with Gasteiger partial charge in [-0.05, 0) is 66.6 Å². The number of aliphatic imine (C=N–C) groups is 1. The van der Waals surface area contributed by atoms with Gasteiger partial charge in [0.2, 0.25) is 0 Å². The Morgan fingerprint density at radius 3 is 2.50 bits per heavy atom. The molecule has 2 saturated heterocycles. The lowest BCUT2D eigenvalue weighted by Crippen LogP contribution is -2.58. The molecule has 0 aromatic carbocycles. The van der Waals surface area contributed by atoms with E-state index >= 15 is 0 Å². The SMILES string of the molecule is C=CC1OC(=O)/C(C)=C/[C@H](C)[C@H](O[C@H]2O[C@@H](C)C[C@@H](N(C)C)C2O)[C@@](C)(OC)C[C@@H](C)C2=NCCN3C(=O)O[C@@]1(C)[C@H]3[C@@H]2C. The van der Waals surface area contributed by atoms with Crippen molar-refractivity contribution in [2.75, 3.05) is 34.3 Å². The molecule has 11 nitrogen and oxygen atoms in total. The maximum absolute atomic E-state index is 13.6. The molecule has 11 heteroatoms. The first-order valence-corrected chi connectivity index (χ1v) is 15.8. The first-order valence-electron chi connectivity index (χ1n) is 15.8. The fourth-order valence-corrected chi connectivity index (χ4v) is 7.96. The quantitative estimate of drug-likeness (QED) is 0.364. The van der Waals surface area contributed by atoms with E-state index in [-0.39, 0.29) is 29.9 Å². The number of cyclic esters (lactones) is 1. The van der Waals surface area contributed by atoms with Crippen LogP contribution in [0.25, 0.3) is 0 Å². The molecule has 0 spiro atoms. The van der Waals surface area contributed by atoms with E-state index in [1.54, 1.807) is 18.9 Å². The van der Waals surface area contributed by atoms with E-state index in [2.05, 4.69) is 13.5 Å². The van der Waals surface area contributed by atoms with E-state index in [0.29, 0.717) is 31.5 Å². The van der Waals surface area contributed by atoms with Gasteiger partial charge in [-0.25, -0.2) is 9.59 Å². The molecule has 4 aliphatic heterocycles. The van der Waals surface area contributed by atoms with Gasteiger partial charge in [-0.1, -0.05) is 33.4 Å². The second-order valence-corrected chi connectivity index (χ2v) is 13.8. The van der Waals surface area contributed by atoms with Crippen molar-refractivity contribution in [3.8, 4) is 0 Å². The minimum Gasteiger partial charge on any atom is -0.450 e. The molecule has 12 atom stereocenters. The number of likely N-dealkylation sites (N-methyl/N-ethyl adjacent to an activating group) is 1. The average molecular weight is 620 g/mol. The molecule has 0 saturated carbocycles. The second-order valence-electron chi connectivity index (χ2n) is 13.8. The second kappa shape index (κ2) is 13.2. The standard InChI is InChI=1S/C33H53N3O8/c1-12-24-33(8)27-22(6)25(34-13-14-36(27)31(39)44-33)20(4)17-32(7,40-11)28(18(2)15-19(3)29(38)42-24)43-30-26(37)23(35(9)10)16-21(5)41-30/h12,15,18,20-24,26-28,30,37H,1,13-14,16-17H2,2-11H3/b19-15+/t18-,20+,21-,22+,23+,24?,26?,27+,28-,30+,32-,33+/m0/s1. The molecule has 4 heterocycles. The lowest BCUT2D eigenvalue weighted by atomic mass is 9.74. The Morgan fingerprint density at radius 1 is 1.20 bits per heavy atom. The largest absolute Gasteiger partial charge is 0.450 e. The maximum Gasteiger partial charge on any atom is 0.411 e. The Labute approximate surface area is 262 Å². The smallest absolute Gasteiger partial charge is 0.411 e. The number of aliphatic hydroxyl groups excluding tert-OH is 1. The van der Waals surface area contributed by atoms with Crippen LogP contribution >= 0.6 is 0 Å². The van der Waals surface area contributed by atoms with Gasteiger partial charge in [0.15, 0.2) is 18.0 Å². The molecule has 2 unspecified atom stereocenters. The van der Waals surface area contributed by atoms with Crippen LogP contribution in [0.5, 0.6) is 0 Å². The minimum atomic E-state index is -1.17. The number of rotatable bonds is 5. The monoisotopic (exact) mass is 619 g/mol. The zero-order valence-electron chi connectivity index (χ0n) is 28.1. The molecular weight excluding hydrogens is 566 g/mol. The number of hydrogen-bond acceptors (Lipinski definition) is 10. The molecule has 0 radical (unpaired) electrons. The molecule has 248 valence electrons. The van der Waals surface area contributed by atoms with E-state index in [0.717, 1.165) is 5.71 Å². The van der Waals surface area contributed by atoms with Crippen molar-refractivity contribution in [2.24, 2.45) is 22.7 Å². The minimum absolute atomic E-state index is 0.0726. The van der Waals surface area contributed by atoms with Gasteiger partial charge in [0.05, 0.1) is 30.4 Å². The summed E-state index contributed by atoms with van der Waals surface area (Å²) in [7, 11) is 5.53. The summed E-state index contributed by atoms with van der Waals surface area (Å²) in [6.45, 7) is 18.4. The number of carbonyl (C=O) groups excluding carboxylic acids is 2. The number of methoxy groups -OCH3 is 1. The van der Waals surface area contributed by atoms with Crippen LogP contribution in [-0.4, -0.2) is 121 Å². The van der Waals surface area contributed by atoms with E-state index in [1.807, 2.05) is 59.7 Å². The van der Waals surface area contributed by atoms with Gasteiger partial charge in [-0.2, -0.15) is 0 Å². The highest BCUT2D eigenvalue weighted by molar-refractivity contribution is 5.91. The van der Waals surface area contributed by atoms with E-state index < -0.39 is 53.9 Å². The zero-order chi connectivity index (χ0) is 32.7. The van der Waals surface area contributed by atoms with Gasteiger partial charge in [0, 0.05) is 42.8 Å². The van der Waals surface area contributed by atoms with Crippen LogP contribution in [0.4, 0.5) is 4.79 Å². The molecule has 0 aromatic rings. The predicted octanol–water partition coefficient (Wildman–Crippen LogP) is 3.59. The van der Waals surface area contributed by atoms with Crippen molar-refractivity contribution < 1.29 is 38.4 Å². The van der Waals surface area contributed by atoms with Gasteiger partial charge >= 0.3 is 12.1 Å². The van der Waals surface area contributed by atoms with Crippen LogP contribution in [0.2, 0.25) is 0 Å². The van der Waals surface area contributed by atoms with Gasteiger partial charge in [0.1, 0.15) is 6.10 Å². The van der Waals surface area contributed by atoms with E-state index in [1.165, 1.54) is 6.08 Å². The van der Waals surface area contributed by atoms with Gasteiger partial charge in [-0.15, -0.1) is 0 Å². The maximum atomic E-state index is 13.6. The average Bonchev–Trinajstić information content (AvgIpc) is 3.08. The Hall–Kier alpha value is -2.31. The predicted molar refractivity (Wildman–Crippen MR) is 166 cm³/mol. The number of fused-ring (bicyclic) bond motifs is 1. The van der Waals surface area contributed by atoms with E-state index in [4.69, 9.17) is 28.7 Å². The Kier molecular flexibility index (Phi) is 10.4. The molecule has 1 N–H and O–H groups in total. The number of ether oxygens (including phenoxy) is 5. The van der Waals surface area contributed by atoms with Crippen molar-refractivity contribution in [3.63, 3.8) is 0 Å². The molecular formula is C33H53N3O8. The first kappa shape index (κ1) is 34.6. The van der Waals surface area contributed by atoms with Crippen molar-refractivity contribution >= 4 is 17.8 Å². The van der Waals surface area contributed by atoms with Crippen LogP contribution in [0.1, 0.15) is 61.3 Å². The number of aliphatic hydroxyl groups is 1. The van der Waals surface area contributed by atoms with Crippen LogP contribution in [-0.2, 0) is 28.5 Å². The van der Waals surface area contributed by atoms with Crippen molar-refractivity contribution in [1.29, 1.82) is 0 Å². The molecule has 0 aromatic heterocycles. The molecule has 4 aliphatic rings. The highest BCUT2D eigenvalue weighted by atomic mass is 16.7. The van der Waals surface area contributed by atoms with Gasteiger partial charge in [-0.3, -0.25) is 9.89 Å². The molecule has 2 fully saturated rings. The van der Waals surface area contributed by atoms with Gasteiger partial charge < -0.3 is 33.7 Å². The molecule has 4 rings (SSSR count). The molecule has 1 amide bonds. The van der Waals surface area contributed by atoms with Gasteiger partial charge in [0.25, 0.3) is 0 Å². The molecule has 2 bridgehead atoms. The number of nitrogens with zero attached hydrogens (tertiary/aromatic N) is 3. The highest BCUT2D eigenvalue weighted by Gasteiger charge is 2.59. The topological polar surface area (TPSA) is 119 Å². The summed E-state index contributed by atoms with van der Waals surface area (Å²) in [5.41, 5.74) is -0.750. The van der Waals surface area contributed by atoms with Crippen LogP contribution < -0.4 is 0 Å². The first-order chi connectivity index (χ1) is 20.6. The summed E-state index contributed by atoms with van der Waals surface area (Å²) in [5, 5.41) is 11.3. The molecule has 0 aliphatic carbocycles. The third kappa shape index (κ3) is 6.35. The lowest BCUT2D eigenvalue weighted by molar-refractivity contribution is -0.294. The normalized spacial score (nSPS) is 45.0. The lowest BCUT2D eigenvalue weighted by Gasteiger charge is -2.47. The van der Waals surface area contributed by atoms with Crippen molar-refractivity contribution in [3.05, 3.63) is 24.3 Å². The summed E-state index contributed by atoms with van der Waals surface area (Å²) < 4.78 is 31.2. The summed E-state index contributed by atoms with van der Waals surface area (Å²) in [4.78, 5) is 35.4. The third-order valence-electron chi connectivity index (χ3n) is 10.2.